The first kappa shape index (κ1) is 25.6. The molecule has 14 nitrogen and oxygen atoms in total. The van der Waals surface area contributed by atoms with Crippen LogP contribution in [-0.4, -0.2) is 77.9 Å². The summed E-state index contributed by atoms with van der Waals surface area (Å²) in [5, 5.41) is 7.01. The minimum absolute atomic E-state index is 0.121. The first-order valence-corrected chi connectivity index (χ1v) is 11.0. The standard InChI is InChI=1S/C20H22N4O10S/c1-9(25)33-10(2)34-19(28)15-11(7-32-20(21)29)8-35-18-14(17(27)24(15)18)22-16(26)13(23-30-3)12-5-4-6-31-12/h4-6,8,10,14-15,18H,7H2,1-3H3,(H2,21,29)(H,22,26)/b23-13+/t10-,14-,15-,18-/m1/s1. The molecule has 0 bridgehead atoms. The number of β-lactam (4-membered cyclic amide) rings is 1. The number of primary amides is 1. The van der Waals surface area contributed by atoms with Crippen molar-refractivity contribution in [2.45, 2.75) is 37.6 Å². The molecule has 0 aromatic carbocycles. The molecule has 3 N–H and O–H groups in total. The summed E-state index contributed by atoms with van der Waals surface area (Å²) >= 11 is 1.11. The Morgan fingerprint density at radius 1 is 1.31 bits per heavy atom. The summed E-state index contributed by atoms with van der Waals surface area (Å²) in [6.07, 6.45) is -0.977. The highest BCUT2D eigenvalue weighted by Gasteiger charge is 2.56. The van der Waals surface area contributed by atoms with Gasteiger partial charge in [-0.05, 0) is 17.5 Å². The van der Waals surface area contributed by atoms with Crippen LogP contribution in [0.2, 0.25) is 0 Å². The number of amides is 3. The van der Waals surface area contributed by atoms with Crippen LogP contribution in [0.4, 0.5) is 4.79 Å². The Morgan fingerprint density at radius 3 is 2.66 bits per heavy atom. The van der Waals surface area contributed by atoms with Gasteiger partial charge >= 0.3 is 18.0 Å². The van der Waals surface area contributed by atoms with E-state index in [1.807, 2.05) is 0 Å². The molecule has 1 aromatic rings. The number of hydrogen-bond acceptors (Lipinski definition) is 12. The van der Waals surface area contributed by atoms with Crippen LogP contribution in [-0.2, 0) is 38.2 Å². The molecule has 1 saturated heterocycles. The highest BCUT2D eigenvalue weighted by molar-refractivity contribution is 8.03. The monoisotopic (exact) mass is 510 g/mol. The molecule has 188 valence electrons. The van der Waals surface area contributed by atoms with Gasteiger partial charge in [-0.25, -0.2) is 9.59 Å². The Balaban J connectivity index is 1.79. The van der Waals surface area contributed by atoms with Gasteiger partial charge in [-0.15, -0.1) is 11.8 Å². The Labute approximate surface area is 202 Å². The number of oxime groups is 1. The molecule has 1 fully saturated rings. The van der Waals surface area contributed by atoms with Crippen molar-refractivity contribution in [3.05, 3.63) is 35.1 Å². The van der Waals surface area contributed by atoms with Crippen LogP contribution in [0.5, 0.6) is 0 Å². The van der Waals surface area contributed by atoms with Gasteiger partial charge < -0.3 is 39.4 Å². The summed E-state index contributed by atoms with van der Waals surface area (Å²) in [7, 11) is 1.25. The lowest BCUT2D eigenvalue weighted by Gasteiger charge is -2.51. The maximum absolute atomic E-state index is 13.0. The molecule has 3 amide bonds. The summed E-state index contributed by atoms with van der Waals surface area (Å²) < 4.78 is 19.9. The highest BCUT2D eigenvalue weighted by atomic mass is 32.2. The van der Waals surface area contributed by atoms with Crippen molar-refractivity contribution >= 4 is 47.3 Å². The number of ether oxygens (including phenoxy) is 3. The molecule has 0 unspecified atom stereocenters. The third-order valence-corrected chi connectivity index (χ3v) is 5.94. The van der Waals surface area contributed by atoms with Gasteiger partial charge in [0.1, 0.15) is 25.1 Å². The third-order valence-electron chi connectivity index (χ3n) is 4.73. The van der Waals surface area contributed by atoms with E-state index in [0.717, 1.165) is 23.6 Å². The number of nitrogens with one attached hydrogen (secondary N) is 1. The molecular formula is C20H22N4O10S. The molecule has 1 aromatic heterocycles. The number of carbonyl (C=O) groups is 5. The van der Waals surface area contributed by atoms with Gasteiger partial charge in [0.2, 0.25) is 17.9 Å². The van der Waals surface area contributed by atoms with E-state index in [2.05, 4.69) is 10.5 Å². The number of furan rings is 1. The molecule has 0 radical (unpaired) electrons. The average molecular weight is 510 g/mol. The van der Waals surface area contributed by atoms with Crippen molar-refractivity contribution in [1.29, 1.82) is 0 Å². The van der Waals surface area contributed by atoms with E-state index < -0.39 is 53.6 Å². The Bertz CT molecular complexity index is 1070. The molecule has 2 aliphatic rings. The lowest BCUT2D eigenvalue weighted by Crippen LogP contribution is -2.74. The van der Waals surface area contributed by atoms with Crippen LogP contribution in [0.25, 0.3) is 0 Å². The maximum atomic E-state index is 13.0. The minimum Gasteiger partial charge on any atom is -0.462 e. The molecule has 35 heavy (non-hydrogen) atoms. The first-order chi connectivity index (χ1) is 16.6. The van der Waals surface area contributed by atoms with Crippen molar-refractivity contribution in [2.24, 2.45) is 10.9 Å². The topological polar surface area (TPSA) is 189 Å². The van der Waals surface area contributed by atoms with Gasteiger partial charge in [-0.1, -0.05) is 5.16 Å². The number of nitrogens with zero attached hydrogens (tertiary/aromatic N) is 2. The van der Waals surface area contributed by atoms with Crippen LogP contribution < -0.4 is 11.1 Å². The molecule has 0 aliphatic carbocycles. The summed E-state index contributed by atoms with van der Waals surface area (Å²) in [6, 6.07) is 0.706. The SMILES string of the molecule is CO/N=C(/C(=O)N[C@@H]1C(=O)N2[C@@H](C(=O)O[C@H](C)OC(C)=O)C(COC(N)=O)=CS[C@H]12)c1ccco1. The van der Waals surface area contributed by atoms with Crippen molar-refractivity contribution < 1.29 is 47.4 Å². The fourth-order valence-electron chi connectivity index (χ4n) is 3.37. The predicted molar refractivity (Wildman–Crippen MR) is 117 cm³/mol. The molecule has 0 spiro atoms. The number of thioether (sulfide) groups is 1. The fourth-order valence-corrected chi connectivity index (χ4v) is 4.58. The van der Waals surface area contributed by atoms with Crippen LogP contribution >= 0.6 is 11.8 Å². The zero-order valence-electron chi connectivity index (χ0n) is 18.8. The number of esters is 2. The molecule has 4 atom stereocenters. The largest absolute Gasteiger partial charge is 0.462 e. The van der Waals surface area contributed by atoms with Crippen LogP contribution in [0.3, 0.4) is 0 Å². The Kier molecular flexibility index (Phi) is 8.01. The average Bonchev–Trinajstić information content (AvgIpc) is 3.32. The smallest absolute Gasteiger partial charge is 0.404 e. The van der Waals surface area contributed by atoms with E-state index in [1.165, 1.54) is 31.8 Å². The number of nitrogens with two attached hydrogens (primary N) is 1. The van der Waals surface area contributed by atoms with Gasteiger partial charge in [0.25, 0.3) is 5.91 Å². The van der Waals surface area contributed by atoms with Crippen molar-refractivity contribution in [1.82, 2.24) is 10.2 Å². The van der Waals surface area contributed by atoms with E-state index in [9.17, 15) is 24.0 Å². The maximum Gasteiger partial charge on any atom is 0.404 e. The molecule has 3 rings (SSSR count). The first-order valence-electron chi connectivity index (χ1n) is 10.1. The summed E-state index contributed by atoms with van der Waals surface area (Å²) in [5.74, 6) is -2.84. The van der Waals surface area contributed by atoms with E-state index in [-0.39, 0.29) is 23.7 Å². The zero-order valence-corrected chi connectivity index (χ0v) is 19.6. The van der Waals surface area contributed by atoms with Crippen LogP contribution in [0.15, 0.2) is 38.9 Å². The molecule has 0 saturated carbocycles. The summed E-state index contributed by atoms with van der Waals surface area (Å²) in [6.45, 7) is 2.07. The number of rotatable bonds is 9. The molecular weight excluding hydrogens is 488 g/mol. The van der Waals surface area contributed by atoms with Gasteiger partial charge in [-0.3, -0.25) is 14.4 Å². The van der Waals surface area contributed by atoms with Crippen LogP contribution in [0.1, 0.15) is 19.6 Å². The second-order valence-electron chi connectivity index (χ2n) is 7.14. The normalized spacial score (nSPS) is 22.1. The molecule has 3 heterocycles. The minimum atomic E-state index is -1.31. The molecule has 2 aliphatic heterocycles. The van der Waals surface area contributed by atoms with Crippen LogP contribution in [0, 0.1) is 0 Å². The predicted octanol–water partition coefficient (Wildman–Crippen LogP) is -0.170. The van der Waals surface area contributed by atoms with E-state index in [1.54, 1.807) is 6.07 Å². The van der Waals surface area contributed by atoms with E-state index in [4.69, 9.17) is 29.2 Å². The fraction of sp³-hybridized carbons (Fsp3) is 0.400. The third kappa shape index (κ3) is 5.74. The van der Waals surface area contributed by atoms with Crippen molar-refractivity contribution in [2.75, 3.05) is 13.7 Å². The van der Waals surface area contributed by atoms with E-state index in [0.29, 0.717) is 0 Å². The van der Waals surface area contributed by atoms with Gasteiger partial charge in [0, 0.05) is 19.4 Å². The van der Waals surface area contributed by atoms with E-state index >= 15 is 0 Å². The number of carbonyl (C=O) groups excluding carboxylic acids is 5. The highest BCUT2D eigenvalue weighted by Crippen LogP contribution is 2.40. The second kappa shape index (κ2) is 10.9. The van der Waals surface area contributed by atoms with Crippen molar-refractivity contribution in [3.8, 4) is 0 Å². The lowest BCUT2D eigenvalue weighted by molar-refractivity contribution is -0.189. The summed E-state index contributed by atoms with van der Waals surface area (Å²) in [5.41, 5.74) is 5.03. The number of hydrogen-bond donors (Lipinski definition) is 2. The quantitative estimate of drug-likeness (QED) is 0.147. The lowest BCUT2D eigenvalue weighted by atomic mass is 9.98. The zero-order chi connectivity index (χ0) is 25.7. The van der Waals surface area contributed by atoms with Gasteiger partial charge in [0.05, 0.1) is 6.26 Å². The summed E-state index contributed by atoms with van der Waals surface area (Å²) in [4.78, 5) is 66.7. The Morgan fingerprint density at radius 2 is 2.06 bits per heavy atom. The number of fused-ring (bicyclic) bond motifs is 1. The second-order valence-corrected chi connectivity index (χ2v) is 8.13. The molecule has 15 heteroatoms. The Hall–Kier alpha value is -4.01. The van der Waals surface area contributed by atoms with Crippen molar-refractivity contribution in [3.63, 3.8) is 0 Å². The van der Waals surface area contributed by atoms with Gasteiger partial charge in [0.15, 0.2) is 11.8 Å². The van der Waals surface area contributed by atoms with Gasteiger partial charge in [-0.2, -0.15) is 0 Å².